The van der Waals surface area contributed by atoms with Gasteiger partial charge in [0.2, 0.25) is 15.9 Å². The summed E-state index contributed by atoms with van der Waals surface area (Å²) in [6.07, 6.45) is 0.115. The molecule has 2 aromatic rings. The molecule has 0 unspecified atom stereocenters. The number of fused-ring (bicyclic) bond motifs is 2. The second kappa shape index (κ2) is 8.79. The van der Waals surface area contributed by atoms with Crippen LogP contribution in [0.4, 0.5) is 5.69 Å². The fourth-order valence-electron chi connectivity index (χ4n) is 4.73. The first-order valence-corrected chi connectivity index (χ1v) is 11.8. The third-order valence-electron chi connectivity index (χ3n) is 6.24. The van der Waals surface area contributed by atoms with Gasteiger partial charge in [0.05, 0.1) is 48.2 Å². The summed E-state index contributed by atoms with van der Waals surface area (Å²) in [5.41, 5.74) is 0.389. The Morgan fingerprint density at radius 1 is 1.22 bits per heavy atom. The van der Waals surface area contributed by atoms with Gasteiger partial charge in [-0.15, -0.1) is 0 Å². The van der Waals surface area contributed by atoms with Crippen LogP contribution in [0, 0.1) is 11.8 Å². The number of aliphatic carboxylic acids is 1. The maximum Gasteiger partial charge on any atom is 1.00 e. The molecule has 0 saturated carbocycles. The van der Waals surface area contributed by atoms with E-state index in [9.17, 15) is 28.2 Å². The number of benzene rings is 2. The maximum atomic E-state index is 12.7. The van der Waals surface area contributed by atoms with Crippen LogP contribution < -0.4 is 39.0 Å². The fraction of sp³-hybridized carbons (Fsp3) is 0.364. The molecule has 2 heterocycles. The predicted molar refractivity (Wildman–Crippen MR) is 113 cm³/mol. The van der Waals surface area contributed by atoms with Crippen LogP contribution in [-0.2, 0) is 19.6 Å². The summed E-state index contributed by atoms with van der Waals surface area (Å²) in [6, 6.07) is 12.2. The van der Waals surface area contributed by atoms with Crippen molar-refractivity contribution in [2.45, 2.75) is 26.0 Å². The molecule has 1 saturated heterocycles. The van der Waals surface area contributed by atoms with Crippen LogP contribution in [0.15, 0.2) is 53.7 Å². The zero-order valence-corrected chi connectivity index (χ0v) is 21.2. The molecule has 2 aliphatic rings. The van der Waals surface area contributed by atoms with Crippen LogP contribution in [0.3, 0.4) is 0 Å². The average molecular weight is 466 g/mol. The standard InChI is InChI=1S/C22H24N2O6S.Na/c1-12-17(20(22(27)28)24-19(12)18(13(2)25)21(24)26)11-23(31(3,29)30)16-9-8-14-6-4-5-7-15(14)10-16;/h4-10,12-13,18-19,25H,11H2,1-3H3,(H,27,28);/q;+1/p-1/t12-,13+,18+,19+;/m0./s1. The fourth-order valence-corrected chi connectivity index (χ4v) is 5.60. The van der Waals surface area contributed by atoms with E-state index in [0.29, 0.717) is 11.3 Å². The summed E-state index contributed by atoms with van der Waals surface area (Å²) in [4.78, 5) is 25.5. The van der Waals surface area contributed by atoms with Crippen LogP contribution in [0.5, 0.6) is 0 Å². The van der Waals surface area contributed by atoms with Crippen molar-refractivity contribution in [2.75, 3.05) is 17.1 Å². The van der Waals surface area contributed by atoms with Crippen molar-refractivity contribution >= 4 is 38.4 Å². The Hall–Kier alpha value is -1.91. The number of carboxylic acids is 1. The molecule has 0 aliphatic carbocycles. The SMILES string of the molecule is C[C@@H](O)[C@H]1C(=O)N2C(C(=O)[O-])=C(CN(c3ccc4ccccc4c3)S(C)(=O)=O)[C@H](C)[C@H]12.[Na+]. The predicted octanol–water partition coefficient (Wildman–Crippen LogP) is -2.53. The molecule has 4 rings (SSSR count). The van der Waals surface area contributed by atoms with Gasteiger partial charge in [0.1, 0.15) is 0 Å². The molecule has 2 aromatic carbocycles. The zero-order chi connectivity index (χ0) is 22.7. The number of carboxylic acid groups (broad SMARTS) is 1. The Bertz CT molecular complexity index is 1230. The van der Waals surface area contributed by atoms with E-state index in [1.165, 1.54) is 6.92 Å². The molecule has 0 radical (unpaired) electrons. The van der Waals surface area contributed by atoms with Crippen LogP contribution >= 0.6 is 0 Å². The van der Waals surface area contributed by atoms with E-state index in [-0.39, 0.29) is 41.8 Å². The number of β-lactam (4-membered cyclic amide) rings is 1. The van der Waals surface area contributed by atoms with Crippen molar-refractivity contribution in [1.29, 1.82) is 0 Å². The molecular formula is C22H23N2NaO6S. The summed E-state index contributed by atoms with van der Waals surface area (Å²) >= 11 is 0. The minimum Gasteiger partial charge on any atom is -0.543 e. The Morgan fingerprint density at radius 2 is 1.84 bits per heavy atom. The van der Waals surface area contributed by atoms with Gasteiger partial charge in [-0.25, -0.2) is 8.42 Å². The first-order valence-electron chi connectivity index (χ1n) is 9.94. The molecular weight excluding hydrogens is 443 g/mol. The quantitative estimate of drug-likeness (QED) is 0.371. The van der Waals surface area contributed by atoms with Gasteiger partial charge in [-0.05, 0) is 35.4 Å². The smallest absolute Gasteiger partial charge is 0.543 e. The van der Waals surface area contributed by atoms with E-state index in [2.05, 4.69) is 0 Å². The molecule has 0 spiro atoms. The molecule has 1 N–H and O–H groups in total. The number of aliphatic hydroxyl groups is 1. The molecule has 8 nitrogen and oxygen atoms in total. The number of hydrogen-bond donors (Lipinski definition) is 1. The zero-order valence-electron chi connectivity index (χ0n) is 18.3. The Morgan fingerprint density at radius 3 is 2.41 bits per heavy atom. The molecule has 4 atom stereocenters. The number of carbonyl (C=O) groups is 2. The number of nitrogens with zero attached hydrogens (tertiary/aromatic N) is 2. The molecule has 0 aromatic heterocycles. The average Bonchev–Trinajstić information content (AvgIpc) is 2.93. The molecule has 0 bridgehead atoms. The van der Waals surface area contributed by atoms with Gasteiger partial charge >= 0.3 is 29.6 Å². The van der Waals surface area contributed by atoms with Crippen molar-refractivity contribution in [2.24, 2.45) is 11.8 Å². The van der Waals surface area contributed by atoms with E-state index < -0.39 is 45.9 Å². The summed E-state index contributed by atoms with van der Waals surface area (Å²) in [5.74, 6) is -3.20. The van der Waals surface area contributed by atoms with Gasteiger partial charge in [-0.3, -0.25) is 9.10 Å². The van der Waals surface area contributed by atoms with Gasteiger partial charge in [-0.1, -0.05) is 37.3 Å². The number of amides is 1. The van der Waals surface area contributed by atoms with E-state index in [4.69, 9.17) is 0 Å². The van der Waals surface area contributed by atoms with Gasteiger partial charge in [0.15, 0.2) is 0 Å². The minimum absolute atomic E-state index is 0. The Labute approximate surface area is 208 Å². The molecule has 2 aliphatic heterocycles. The third-order valence-corrected chi connectivity index (χ3v) is 7.38. The van der Waals surface area contributed by atoms with Gasteiger partial charge in [0.25, 0.3) is 0 Å². The number of carbonyl (C=O) groups excluding carboxylic acids is 2. The van der Waals surface area contributed by atoms with Crippen molar-refractivity contribution in [1.82, 2.24) is 4.90 Å². The number of hydrogen-bond acceptors (Lipinski definition) is 6. The molecule has 164 valence electrons. The van der Waals surface area contributed by atoms with E-state index in [1.807, 2.05) is 24.3 Å². The summed E-state index contributed by atoms with van der Waals surface area (Å²) in [6.45, 7) is 3.00. The van der Waals surface area contributed by atoms with E-state index >= 15 is 0 Å². The number of sulfonamides is 1. The van der Waals surface area contributed by atoms with Crippen molar-refractivity contribution < 1.29 is 57.8 Å². The second-order valence-corrected chi connectivity index (χ2v) is 10.1. The number of aliphatic hydroxyl groups excluding tert-OH is 1. The van der Waals surface area contributed by atoms with Crippen LogP contribution in [0.25, 0.3) is 10.8 Å². The largest absolute Gasteiger partial charge is 1.00 e. The Kier molecular flexibility index (Phi) is 6.80. The number of rotatable bonds is 6. The first-order chi connectivity index (χ1) is 14.5. The summed E-state index contributed by atoms with van der Waals surface area (Å²) in [7, 11) is -3.77. The van der Waals surface area contributed by atoms with Crippen LogP contribution in [-0.4, -0.2) is 55.2 Å². The van der Waals surface area contributed by atoms with Gasteiger partial charge in [-0.2, -0.15) is 0 Å². The summed E-state index contributed by atoms with van der Waals surface area (Å²) in [5, 5.41) is 23.7. The molecule has 1 fully saturated rings. The van der Waals surface area contributed by atoms with Crippen LogP contribution in [0.2, 0.25) is 0 Å². The Balaban J connectivity index is 0.00000289. The third kappa shape index (κ3) is 3.97. The molecule has 1 amide bonds. The van der Waals surface area contributed by atoms with E-state index in [0.717, 1.165) is 26.2 Å². The van der Waals surface area contributed by atoms with Crippen molar-refractivity contribution in [3.05, 3.63) is 53.7 Å². The van der Waals surface area contributed by atoms with Crippen molar-refractivity contribution in [3.63, 3.8) is 0 Å². The maximum absolute atomic E-state index is 12.7. The minimum atomic E-state index is -3.77. The van der Waals surface area contributed by atoms with Crippen LogP contribution in [0.1, 0.15) is 13.8 Å². The normalized spacial score (nSPS) is 23.4. The second-order valence-electron chi connectivity index (χ2n) is 8.22. The van der Waals surface area contributed by atoms with Gasteiger partial charge < -0.3 is 19.9 Å². The van der Waals surface area contributed by atoms with Crippen molar-refractivity contribution in [3.8, 4) is 0 Å². The summed E-state index contributed by atoms with van der Waals surface area (Å²) < 4.78 is 26.5. The monoisotopic (exact) mass is 466 g/mol. The molecule has 32 heavy (non-hydrogen) atoms. The topological polar surface area (TPSA) is 118 Å². The van der Waals surface area contributed by atoms with E-state index in [1.54, 1.807) is 25.1 Å². The molecule has 10 heteroatoms. The number of anilines is 1. The first kappa shape index (κ1) is 24.7. The van der Waals surface area contributed by atoms with Gasteiger partial charge in [0, 0.05) is 5.92 Å².